The molecule has 2 amide bonds. The van der Waals surface area contributed by atoms with Gasteiger partial charge >= 0.3 is 5.97 Å². The number of hydrogen-bond acceptors (Lipinski definition) is 12. The van der Waals surface area contributed by atoms with Crippen molar-refractivity contribution < 1.29 is 44.3 Å². The number of nitrogens with zero attached hydrogens (tertiary/aromatic N) is 1. The Morgan fingerprint density at radius 1 is 1.30 bits per heavy atom. The fourth-order valence-corrected chi connectivity index (χ4v) is 6.66. The zero-order chi connectivity index (χ0) is 29.4. The molecule has 6 atom stereocenters. The van der Waals surface area contributed by atoms with Gasteiger partial charge in [0.05, 0.1) is 30.2 Å². The summed E-state index contributed by atoms with van der Waals surface area (Å²) in [7, 11) is 0. The molecule has 12 nitrogen and oxygen atoms in total. The third-order valence-corrected chi connectivity index (χ3v) is 9.32. The van der Waals surface area contributed by atoms with E-state index >= 15 is 0 Å². The fraction of sp³-hybridized carbons (Fsp3) is 0.560. The summed E-state index contributed by atoms with van der Waals surface area (Å²) in [6.45, 7) is 2.62. The quantitative estimate of drug-likeness (QED) is 0.0770. The summed E-state index contributed by atoms with van der Waals surface area (Å²) in [6.07, 6.45) is -6.72. The second-order valence-electron chi connectivity index (χ2n) is 9.19. The molecule has 1 aliphatic rings. The van der Waals surface area contributed by atoms with Crippen molar-refractivity contribution in [2.75, 3.05) is 24.7 Å². The molecule has 2 aromatic heterocycles. The van der Waals surface area contributed by atoms with Gasteiger partial charge in [0.15, 0.2) is 0 Å². The van der Waals surface area contributed by atoms with Crippen LogP contribution in [-0.4, -0.2) is 104 Å². The van der Waals surface area contributed by atoms with E-state index in [0.29, 0.717) is 17.1 Å². The third-order valence-electron chi connectivity index (χ3n) is 6.20. The van der Waals surface area contributed by atoms with Crippen molar-refractivity contribution in [3.8, 4) is 9.75 Å². The number of carbonyl (C=O) groups excluding carboxylic acids is 2. The van der Waals surface area contributed by atoms with E-state index < -0.39 is 67.0 Å². The minimum absolute atomic E-state index is 0.00153. The van der Waals surface area contributed by atoms with Crippen LogP contribution in [0.1, 0.15) is 36.4 Å². The van der Waals surface area contributed by atoms with Crippen molar-refractivity contribution >= 4 is 52.2 Å². The lowest BCUT2D eigenvalue weighted by molar-refractivity contribution is -0.310. The number of nitrogens with two attached hydrogens (primary N) is 1. The minimum Gasteiger partial charge on any atom is -0.477 e. The molecule has 3 rings (SSSR count). The van der Waals surface area contributed by atoms with Crippen LogP contribution in [0.3, 0.4) is 0 Å². The number of thioether (sulfide) groups is 1. The number of carboxylic acids is 1. The molecule has 0 aliphatic carbocycles. The molecule has 1 fully saturated rings. The van der Waals surface area contributed by atoms with Gasteiger partial charge in [-0.05, 0) is 41.5 Å². The Morgan fingerprint density at radius 3 is 2.67 bits per heavy atom. The van der Waals surface area contributed by atoms with Gasteiger partial charge in [-0.3, -0.25) is 14.6 Å². The lowest BCUT2D eigenvalue weighted by atomic mass is 9.88. The maximum Gasteiger partial charge on any atom is 0.364 e. The van der Waals surface area contributed by atoms with Crippen molar-refractivity contribution in [1.82, 2.24) is 10.3 Å². The number of carboxylic acid groups (broad SMARTS) is 1. The Balaban J connectivity index is 1.74. The molecule has 0 aromatic carbocycles. The molecule has 0 spiro atoms. The van der Waals surface area contributed by atoms with Gasteiger partial charge in [-0.15, -0.1) is 22.7 Å². The largest absolute Gasteiger partial charge is 0.477 e. The number of aliphatic carboxylic acids is 1. The first-order chi connectivity index (χ1) is 19.0. The zero-order valence-electron chi connectivity index (χ0n) is 22.1. The molecule has 7 N–H and O–H groups in total. The van der Waals surface area contributed by atoms with Crippen LogP contribution >= 0.6 is 34.4 Å². The van der Waals surface area contributed by atoms with Crippen molar-refractivity contribution in [1.29, 1.82) is 0 Å². The number of hydrazine groups is 1. The number of amides is 2. The molecule has 2 aromatic rings. The third kappa shape index (κ3) is 8.02. The van der Waals surface area contributed by atoms with Gasteiger partial charge in [-0.1, -0.05) is 13.0 Å². The van der Waals surface area contributed by atoms with E-state index in [2.05, 4.69) is 5.32 Å². The van der Waals surface area contributed by atoms with Crippen LogP contribution < -0.4 is 11.2 Å². The highest BCUT2D eigenvalue weighted by atomic mass is 32.2. The average Bonchev–Trinajstić information content (AvgIpc) is 3.61. The summed E-state index contributed by atoms with van der Waals surface area (Å²) in [4.78, 5) is 39.1. The van der Waals surface area contributed by atoms with E-state index in [0.717, 1.165) is 20.5 Å². The second kappa shape index (κ2) is 14.7. The lowest BCUT2D eigenvalue weighted by Crippen LogP contribution is -2.68. The molecule has 15 heteroatoms. The number of carbonyl (C=O) groups is 3. The molecular formula is C25H35N3O9S3. The van der Waals surface area contributed by atoms with E-state index in [4.69, 9.17) is 15.3 Å². The number of hydrogen-bond donors (Lipinski definition) is 6. The predicted molar refractivity (Wildman–Crippen MR) is 152 cm³/mol. The zero-order valence-corrected chi connectivity index (χ0v) is 24.5. The molecule has 0 bridgehead atoms. The highest BCUT2D eigenvalue weighted by Crippen LogP contribution is 2.34. The highest BCUT2D eigenvalue weighted by Gasteiger charge is 2.55. The number of aliphatic hydroxyl groups is 3. The molecule has 1 aliphatic heterocycles. The van der Waals surface area contributed by atoms with Gasteiger partial charge in [-0.25, -0.2) is 10.6 Å². The number of ether oxygens (including phenoxy) is 2. The van der Waals surface area contributed by atoms with Gasteiger partial charge in [0, 0.05) is 23.1 Å². The summed E-state index contributed by atoms with van der Waals surface area (Å²) >= 11 is 4.38. The van der Waals surface area contributed by atoms with E-state index in [1.807, 2.05) is 24.4 Å². The lowest BCUT2D eigenvalue weighted by Gasteiger charge is -2.46. The van der Waals surface area contributed by atoms with Crippen LogP contribution in [0, 0.1) is 0 Å². The maximum absolute atomic E-state index is 12.9. The SMILES string of the molecule is CCSCCCO[C@]1(C(=O)O)CC(O)[C@@H](NC(C)=O)[C@H](C(O)[C@H](O)CN(N)C(=O)c2ccc(-c3cccs3)s2)O1. The van der Waals surface area contributed by atoms with Crippen LogP contribution in [-0.2, 0) is 19.1 Å². The van der Waals surface area contributed by atoms with Gasteiger partial charge in [0.2, 0.25) is 5.91 Å². The molecule has 1 saturated heterocycles. The van der Waals surface area contributed by atoms with Crippen molar-refractivity contribution in [3.05, 3.63) is 34.5 Å². The Hall–Kier alpha value is -2.08. The first kappa shape index (κ1) is 32.4. The summed E-state index contributed by atoms with van der Waals surface area (Å²) in [5, 5.41) is 47.8. The van der Waals surface area contributed by atoms with Crippen LogP contribution in [0.25, 0.3) is 9.75 Å². The molecule has 0 saturated carbocycles. The summed E-state index contributed by atoms with van der Waals surface area (Å²) in [6, 6.07) is 5.92. The Morgan fingerprint density at radius 2 is 2.05 bits per heavy atom. The smallest absolute Gasteiger partial charge is 0.364 e. The monoisotopic (exact) mass is 617 g/mol. The van der Waals surface area contributed by atoms with E-state index in [9.17, 15) is 34.8 Å². The first-order valence-corrected chi connectivity index (χ1v) is 15.5. The molecule has 2 unspecified atom stereocenters. The van der Waals surface area contributed by atoms with E-state index in [1.54, 1.807) is 23.9 Å². The van der Waals surface area contributed by atoms with Crippen molar-refractivity contribution in [3.63, 3.8) is 0 Å². The fourth-order valence-electron chi connectivity index (χ4n) is 4.25. The summed E-state index contributed by atoms with van der Waals surface area (Å²) in [5.74, 6) is 2.50. The highest BCUT2D eigenvalue weighted by molar-refractivity contribution is 7.99. The standard InChI is InChI=1S/C25H35N3O9S3/c1-3-38-10-5-9-36-25(24(34)35)12-15(30)20(27-14(2)29)22(37-25)21(32)16(31)13-28(26)23(33)19-8-7-18(40-19)17-6-4-11-39-17/h4,6-8,11,15-16,20-22,30-32H,3,5,9-10,12-13,26H2,1-2H3,(H,27,29)(H,34,35)/t15?,16-,20-,21?,22-,25-/m1/s1. The van der Waals surface area contributed by atoms with Crippen molar-refractivity contribution in [2.45, 2.75) is 62.9 Å². The number of aliphatic hydroxyl groups excluding tert-OH is 3. The number of thiophene rings is 2. The Bertz CT molecular complexity index is 1130. The molecule has 0 radical (unpaired) electrons. The van der Waals surface area contributed by atoms with Crippen molar-refractivity contribution in [2.24, 2.45) is 5.84 Å². The van der Waals surface area contributed by atoms with Gasteiger partial charge < -0.3 is 35.2 Å². The van der Waals surface area contributed by atoms with Crippen LogP contribution in [0.4, 0.5) is 0 Å². The van der Waals surface area contributed by atoms with Gasteiger partial charge in [-0.2, -0.15) is 11.8 Å². The van der Waals surface area contributed by atoms with Gasteiger partial charge in [0.1, 0.15) is 18.3 Å². The normalized spacial score (nSPS) is 24.3. The Labute approximate surface area is 244 Å². The number of rotatable bonds is 14. The molecule has 40 heavy (non-hydrogen) atoms. The summed E-state index contributed by atoms with van der Waals surface area (Å²) < 4.78 is 11.3. The van der Waals surface area contributed by atoms with Crippen LogP contribution in [0.15, 0.2) is 29.6 Å². The second-order valence-corrected chi connectivity index (χ2v) is 12.6. The first-order valence-electron chi connectivity index (χ1n) is 12.6. The van der Waals surface area contributed by atoms with Crippen LogP contribution in [0.5, 0.6) is 0 Å². The maximum atomic E-state index is 12.9. The molecule has 3 heterocycles. The van der Waals surface area contributed by atoms with E-state index in [1.165, 1.54) is 29.6 Å². The summed E-state index contributed by atoms with van der Waals surface area (Å²) in [5.41, 5.74) is 0. The van der Waals surface area contributed by atoms with Gasteiger partial charge in [0.25, 0.3) is 11.7 Å². The topological polar surface area (TPSA) is 192 Å². The molecular weight excluding hydrogens is 582 g/mol. The van der Waals surface area contributed by atoms with Crippen LogP contribution in [0.2, 0.25) is 0 Å². The predicted octanol–water partition coefficient (Wildman–Crippen LogP) is 1.11. The average molecular weight is 618 g/mol. The minimum atomic E-state index is -2.33. The van der Waals surface area contributed by atoms with E-state index in [-0.39, 0.29) is 6.61 Å². The Kier molecular flexibility index (Phi) is 11.9. The molecule has 222 valence electrons. The number of nitrogens with one attached hydrogen (secondary N) is 1.